The van der Waals surface area contributed by atoms with Gasteiger partial charge < -0.3 is 9.80 Å². The quantitative estimate of drug-likeness (QED) is 0.157. The number of hydrogen-bond donors (Lipinski definition) is 0. The molecule has 0 fully saturated rings. The van der Waals surface area contributed by atoms with E-state index in [0.717, 1.165) is 28.4 Å². The van der Waals surface area contributed by atoms with E-state index in [1.54, 1.807) is 0 Å². The van der Waals surface area contributed by atoms with E-state index in [1.165, 1.54) is 192 Å². The van der Waals surface area contributed by atoms with Gasteiger partial charge in [-0.05, 0) is 237 Å². The summed E-state index contributed by atoms with van der Waals surface area (Å²) in [5, 5.41) is 20.4. The van der Waals surface area contributed by atoms with Gasteiger partial charge in [0.25, 0.3) is 0 Å². The maximum absolute atomic E-state index is 2.56. The molecule has 0 aromatic heterocycles. The maximum atomic E-state index is 2.56. The Bertz CT molecular complexity index is 6940. The third-order valence-electron chi connectivity index (χ3n) is 25.5. The van der Waals surface area contributed by atoms with E-state index in [-0.39, 0.29) is 21.7 Å². The Kier molecular flexibility index (Phi) is 12.5. The normalized spacial score (nSPS) is 14.9. The Labute approximate surface area is 618 Å². The van der Waals surface area contributed by atoms with Crippen LogP contribution in [0, 0.1) is 0 Å². The van der Waals surface area contributed by atoms with Gasteiger partial charge in [-0.25, -0.2) is 0 Å². The highest BCUT2D eigenvalue weighted by atomic mass is 15.2. The van der Waals surface area contributed by atoms with E-state index < -0.39 is 0 Å². The number of fused-ring (bicyclic) bond motifs is 27. The molecular weight excluding hydrogens is 1280 g/mol. The maximum Gasteiger partial charge on any atom is 0.0621 e. The highest BCUT2D eigenvalue weighted by Crippen LogP contribution is 2.62. The average Bonchev–Trinajstić information content (AvgIpc) is 1.56. The second-order valence-electron chi connectivity index (χ2n) is 32.6. The fourth-order valence-electron chi connectivity index (χ4n) is 21.0. The molecule has 0 heterocycles. The van der Waals surface area contributed by atoms with Crippen LogP contribution < -0.4 is 9.80 Å². The van der Waals surface area contributed by atoms with Gasteiger partial charge in [0.05, 0.1) is 11.4 Å². The lowest BCUT2D eigenvalue weighted by atomic mass is 9.78. The Hall–Kier alpha value is -12.4. The molecule has 0 bridgehead atoms. The fraction of sp³-hybridized carbons (Fsp3) is 0.115. The van der Waals surface area contributed by atoms with Crippen LogP contribution in [0.15, 0.2) is 315 Å². The summed E-state index contributed by atoms with van der Waals surface area (Å²) < 4.78 is 0. The third-order valence-corrected chi connectivity index (χ3v) is 25.5. The molecule has 2 nitrogen and oxygen atoms in total. The van der Waals surface area contributed by atoms with Crippen molar-refractivity contribution in [3.63, 3.8) is 0 Å². The van der Waals surface area contributed by atoms with Crippen molar-refractivity contribution in [1.82, 2.24) is 0 Å². The molecule has 22 rings (SSSR count). The van der Waals surface area contributed by atoms with Crippen molar-refractivity contribution in [3.05, 3.63) is 360 Å². The zero-order chi connectivity index (χ0) is 71.0. The Morgan fingerprint density at radius 1 is 0.198 bits per heavy atom. The fourth-order valence-corrected chi connectivity index (χ4v) is 21.0. The first-order valence-electron chi connectivity index (χ1n) is 37.8. The molecule has 4 aliphatic carbocycles. The summed E-state index contributed by atoms with van der Waals surface area (Å²) in [4.78, 5) is 5.11. The first-order chi connectivity index (χ1) is 51.6. The summed E-state index contributed by atoms with van der Waals surface area (Å²) in [5.74, 6) is 0. The van der Waals surface area contributed by atoms with Gasteiger partial charge in [-0.3, -0.25) is 0 Å². The Morgan fingerprint density at radius 3 is 1.16 bits per heavy atom. The number of hydrogen-bond acceptors (Lipinski definition) is 2. The Morgan fingerprint density at radius 2 is 0.575 bits per heavy atom. The molecule has 0 aliphatic heterocycles. The van der Waals surface area contributed by atoms with Crippen molar-refractivity contribution < 1.29 is 0 Å². The molecule has 0 atom stereocenters. The van der Waals surface area contributed by atoms with Crippen LogP contribution in [0.1, 0.15) is 99.9 Å². The first-order valence-corrected chi connectivity index (χ1v) is 37.8. The highest BCUT2D eigenvalue weighted by Gasteiger charge is 2.44. The number of benzene rings is 18. The van der Waals surface area contributed by atoms with Gasteiger partial charge >= 0.3 is 0 Å². The smallest absolute Gasteiger partial charge is 0.0621 e. The van der Waals surface area contributed by atoms with Gasteiger partial charge in [0.2, 0.25) is 0 Å². The summed E-state index contributed by atoms with van der Waals surface area (Å²) in [6.45, 7) is 19.5. The van der Waals surface area contributed by atoms with Crippen molar-refractivity contribution in [2.24, 2.45) is 0 Å². The number of rotatable bonds is 7. The SMILES string of the molecule is CC1(C)c2cc3ccccc3c(N(c3ccccc3)c3ccc4c5c(ccc4c3)-c3ccc4ccccc4c3C5(C)C)c2-c2ccc3cc(-c4ccc(N(c5ccc6c7c(ccc6c5)-c5ccc6ccccc6c5C7(C)C)c5cc6c(c7ccccc57)C(C)(C)c5ccc7ccccc7c5-6)cc4)ccc3c21. The molecule has 0 radical (unpaired) electrons. The summed E-state index contributed by atoms with van der Waals surface area (Å²) >= 11 is 0. The number of para-hydroxylation sites is 1. The molecule has 0 saturated heterocycles. The minimum absolute atomic E-state index is 0.194. The van der Waals surface area contributed by atoms with Crippen molar-refractivity contribution >= 4 is 120 Å². The van der Waals surface area contributed by atoms with Gasteiger partial charge in [-0.1, -0.05) is 304 Å². The van der Waals surface area contributed by atoms with E-state index in [4.69, 9.17) is 0 Å². The monoisotopic (exact) mass is 1350 g/mol. The van der Waals surface area contributed by atoms with Gasteiger partial charge in [-0.2, -0.15) is 0 Å². The molecule has 0 unspecified atom stereocenters. The van der Waals surface area contributed by atoms with Crippen LogP contribution >= 0.6 is 0 Å². The predicted molar refractivity (Wildman–Crippen MR) is 452 cm³/mol. The van der Waals surface area contributed by atoms with Gasteiger partial charge in [0.1, 0.15) is 0 Å². The summed E-state index contributed by atoms with van der Waals surface area (Å²) in [6, 6.07) is 121. The molecule has 0 saturated carbocycles. The molecular formula is C104H76N2. The molecule has 2 heteroatoms. The second kappa shape index (κ2) is 21.6. The van der Waals surface area contributed by atoms with Crippen LogP contribution in [0.25, 0.3) is 142 Å². The Balaban J connectivity index is 0.678. The molecule has 18 aromatic carbocycles. The van der Waals surface area contributed by atoms with Gasteiger partial charge in [0.15, 0.2) is 0 Å². The molecule has 4 aliphatic rings. The minimum atomic E-state index is -0.335. The van der Waals surface area contributed by atoms with Gasteiger partial charge in [0, 0.05) is 60.7 Å². The lowest BCUT2D eigenvalue weighted by molar-refractivity contribution is 0.666. The minimum Gasteiger partial charge on any atom is -0.310 e. The van der Waals surface area contributed by atoms with Gasteiger partial charge in [-0.15, -0.1) is 0 Å². The highest BCUT2D eigenvalue weighted by molar-refractivity contribution is 6.16. The predicted octanol–water partition coefficient (Wildman–Crippen LogP) is 28.7. The van der Waals surface area contributed by atoms with E-state index in [0.29, 0.717) is 0 Å². The number of nitrogens with zero attached hydrogens (tertiary/aromatic N) is 2. The van der Waals surface area contributed by atoms with Crippen molar-refractivity contribution in [2.45, 2.75) is 77.0 Å². The second-order valence-corrected chi connectivity index (χ2v) is 32.6. The lowest BCUT2D eigenvalue weighted by Gasteiger charge is -2.31. The van der Waals surface area contributed by atoms with Crippen molar-refractivity contribution in [2.75, 3.05) is 9.80 Å². The van der Waals surface area contributed by atoms with Crippen LogP contribution in [0.4, 0.5) is 34.1 Å². The van der Waals surface area contributed by atoms with Crippen LogP contribution in [0.5, 0.6) is 0 Å². The molecule has 502 valence electrons. The van der Waals surface area contributed by atoms with E-state index in [9.17, 15) is 0 Å². The summed E-state index contributed by atoms with van der Waals surface area (Å²) in [7, 11) is 0. The third kappa shape index (κ3) is 8.27. The van der Waals surface area contributed by atoms with E-state index in [1.807, 2.05) is 0 Å². The summed E-state index contributed by atoms with van der Waals surface area (Å²) in [5.41, 5.74) is 30.0. The molecule has 18 aromatic rings. The largest absolute Gasteiger partial charge is 0.310 e. The van der Waals surface area contributed by atoms with E-state index >= 15 is 0 Å². The van der Waals surface area contributed by atoms with Crippen molar-refractivity contribution in [3.8, 4) is 55.6 Å². The van der Waals surface area contributed by atoms with Crippen LogP contribution in [-0.4, -0.2) is 0 Å². The molecule has 106 heavy (non-hydrogen) atoms. The lowest BCUT2D eigenvalue weighted by Crippen LogP contribution is -2.17. The van der Waals surface area contributed by atoms with Crippen LogP contribution in [0.2, 0.25) is 0 Å². The zero-order valence-electron chi connectivity index (χ0n) is 60.9. The van der Waals surface area contributed by atoms with Crippen LogP contribution in [0.3, 0.4) is 0 Å². The standard InChI is InChI=1S/C104H76N2/c1-101(2)89-55-42-62-22-12-16-28-74(62)92(89)88-60-91(81-32-20-21-33-82(81)99(88)101)105(72-45-53-78-68(57-72)39-50-85-83-48-36-63-23-13-17-29-75(63)94(83)103(5,6)96(78)85)71-43-34-61(35-44-71)65-38-47-77-67(56-65)41-52-87-93-90(102(3,4)98(77)87)59-66-25-15-19-31-80(66)100(93)106(70-26-10-9-11-27-70)73-46-54-79-69(58-73)40-51-86-84-49-37-64-24-14-18-30-76(64)95(84)104(7,8)97(79)86/h9-60H,1-8H3. The number of anilines is 6. The molecule has 0 amide bonds. The van der Waals surface area contributed by atoms with E-state index in [2.05, 4.69) is 381 Å². The molecule has 0 spiro atoms. The molecule has 0 N–H and O–H groups in total. The van der Waals surface area contributed by atoms with Crippen molar-refractivity contribution in [1.29, 1.82) is 0 Å². The first kappa shape index (κ1) is 61.1. The van der Waals surface area contributed by atoms with Crippen LogP contribution in [-0.2, 0) is 21.7 Å². The average molecular weight is 1350 g/mol. The zero-order valence-corrected chi connectivity index (χ0v) is 60.9. The topological polar surface area (TPSA) is 6.48 Å². The summed E-state index contributed by atoms with van der Waals surface area (Å²) in [6.07, 6.45) is 0.